The van der Waals surface area contributed by atoms with Gasteiger partial charge < -0.3 is 23.8 Å². The molecule has 2 heterocycles. The highest BCUT2D eigenvalue weighted by Gasteiger charge is 2.34. The zero-order valence-electron chi connectivity index (χ0n) is 20.1. The number of carbonyl (C=O) groups is 3. The van der Waals surface area contributed by atoms with Crippen molar-refractivity contribution in [3.05, 3.63) is 65.2 Å². The van der Waals surface area contributed by atoms with E-state index in [1.807, 2.05) is 18.2 Å². The minimum absolute atomic E-state index is 0.0639. The smallest absolute Gasteiger partial charge is 0.338 e. The first-order valence-electron chi connectivity index (χ1n) is 11.7. The van der Waals surface area contributed by atoms with Crippen LogP contribution in [0.4, 0.5) is 5.69 Å². The lowest BCUT2D eigenvalue weighted by atomic mass is 9.92. The molecule has 1 saturated heterocycles. The molecular weight excluding hydrogens is 464 g/mol. The molecule has 2 aliphatic heterocycles. The van der Waals surface area contributed by atoms with Crippen molar-refractivity contribution in [3.8, 4) is 11.5 Å². The SMILES string of the molecule is COc1cc(OC)cc(C(=O)OCCN2C(=O)c3cccc4c(N5CCOCC5)ccc(c34)C2=O)c1. The number of imide groups is 1. The number of methoxy groups -OCH3 is 2. The number of carbonyl (C=O) groups excluding carboxylic acids is 3. The molecule has 0 aromatic heterocycles. The lowest BCUT2D eigenvalue weighted by molar-refractivity contribution is 0.0404. The number of morpholine rings is 1. The topological polar surface area (TPSA) is 94.6 Å². The molecular formula is C27H26N2O7. The molecule has 0 aliphatic carbocycles. The van der Waals surface area contributed by atoms with Crippen molar-refractivity contribution in [3.63, 3.8) is 0 Å². The Hall–Kier alpha value is -4.11. The monoisotopic (exact) mass is 490 g/mol. The van der Waals surface area contributed by atoms with Crippen LogP contribution in [0.15, 0.2) is 48.5 Å². The third-order valence-corrected chi connectivity index (χ3v) is 6.46. The number of anilines is 1. The van der Waals surface area contributed by atoms with Crippen LogP contribution in [0, 0.1) is 0 Å². The summed E-state index contributed by atoms with van der Waals surface area (Å²) in [5, 5.41) is 1.53. The Morgan fingerprint density at radius 2 is 1.58 bits per heavy atom. The zero-order valence-corrected chi connectivity index (χ0v) is 20.1. The number of nitrogens with zero attached hydrogens (tertiary/aromatic N) is 2. The van der Waals surface area contributed by atoms with Gasteiger partial charge in [-0.25, -0.2) is 4.79 Å². The molecule has 5 rings (SSSR count). The Bertz CT molecular complexity index is 1300. The van der Waals surface area contributed by atoms with Crippen molar-refractivity contribution in [2.75, 3.05) is 58.6 Å². The minimum Gasteiger partial charge on any atom is -0.497 e. The van der Waals surface area contributed by atoms with Gasteiger partial charge in [-0.2, -0.15) is 0 Å². The van der Waals surface area contributed by atoms with Crippen LogP contribution >= 0.6 is 0 Å². The Labute approximate surface area is 208 Å². The van der Waals surface area contributed by atoms with Gasteiger partial charge in [-0.05, 0) is 30.3 Å². The Morgan fingerprint density at radius 1 is 0.917 bits per heavy atom. The summed E-state index contributed by atoms with van der Waals surface area (Å²) in [6.07, 6.45) is 0. The number of rotatable bonds is 7. The molecule has 0 N–H and O–H groups in total. The average molecular weight is 491 g/mol. The second kappa shape index (κ2) is 9.87. The first-order chi connectivity index (χ1) is 17.5. The van der Waals surface area contributed by atoms with Crippen LogP contribution in [-0.2, 0) is 9.47 Å². The number of amides is 2. The van der Waals surface area contributed by atoms with Gasteiger partial charge in [0.25, 0.3) is 11.8 Å². The number of benzene rings is 3. The van der Waals surface area contributed by atoms with Gasteiger partial charge in [0.2, 0.25) is 0 Å². The average Bonchev–Trinajstić information content (AvgIpc) is 2.93. The predicted molar refractivity (Wildman–Crippen MR) is 132 cm³/mol. The van der Waals surface area contributed by atoms with Crippen LogP contribution in [0.25, 0.3) is 10.8 Å². The Balaban J connectivity index is 1.35. The van der Waals surface area contributed by atoms with Crippen LogP contribution in [0.5, 0.6) is 11.5 Å². The first kappa shape index (κ1) is 23.6. The fourth-order valence-electron chi connectivity index (χ4n) is 4.65. The van der Waals surface area contributed by atoms with Gasteiger partial charge >= 0.3 is 5.97 Å². The van der Waals surface area contributed by atoms with Crippen LogP contribution in [-0.4, -0.2) is 76.4 Å². The molecule has 0 bridgehead atoms. The fourth-order valence-corrected chi connectivity index (χ4v) is 4.65. The maximum Gasteiger partial charge on any atom is 0.338 e. The number of hydrogen-bond acceptors (Lipinski definition) is 8. The summed E-state index contributed by atoms with van der Waals surface area (Å²) in [6.45, 7) is 2.55. The third-order valence-electron chi connectivity index (χ3n) is 6.46. The van der Waals surface area contributed by atoms with Crippen molar-refractivity contribution in [1.29, 1.82) is 0 Å². The molecule has 0 atom stereocenters. The molecule has 2 amide bonds. The van der Waals surface area contributed by atoms with E-state index in [0.29, 0.717) is 41.2 Å². The van der Waals surface area contributed by atoms with Crippen LogP contribution in [0.2, 0.25) is 0 Å². The van der Waals surface area contributed by atoms with Crippen molar-refractivity contribution < 1.29 is 33.3 Å². The summed E-state index contributed by atoms with van der Waals surface area (Å²) in [4.78, 5) is 42.6. The molecule has 0 radical (unpaired) electrons. The molecule has 36 heavy (non-hydrogen) atoms. The molecule has 186 valence electrons. The van der Waals surface area contributed by atoms with Crippen LogP contribution in [0.3, 0.4) is 0 Å². The van der Waals surface area contributed by atoms with Crippen molar-refractivity contribution in [1.82, 2.24) is 4.90 Å². The summed E-state index contributed by atoms with van der Waals surface area (Å²) in [7, 11) is 2.97. The number of esters is 1. The zero-order chi connectivity index (χ0) is 25.2. The summed E-state index contributed by atoms with van der Waals surface area (Å²) in [6, 6.07) is 13.9. The van der Waals surface area contributed by atoms with Gasteiger partial charge in [0.05, 0.1) is 39.5 Å². The van der Waals surface area contributed by atoms with Crippen LogP contribution in [0.1, 0.15) is 31.1 Å². The van der Waals surface area contributed by atoms with Gasteiger partial charge in [-0.15, -0.1) is 0 Å². The minimum atomic E-state index is -0.609. The van der Waals surface area contributed by atoms with Gasteiger partial charge in [0.1, 0.15) is 18.1 Å². The van der Waals surface area contributed by atoms with Gasteiger partial charge in [-0.3, -0.25) is 14.5 Å². The molecule has 9 heteroatoms. The van der Waals surface area contributed by atoms with E-state index in [-0.39, 0.29) is 18.7 Å². The second-order valence-corrected chi connectivity index (χ2v) is 8.46. The van der Waals surface area contributed by atoms with E-state index in [9.17, 15) is 14.4 Å². The highest BCUT2D eigenvalue weighted by Crippen LogP contribution is 2.36. The summed E-state index contributed by atoms with van der Waals surface area (Å²) in [5.74, 6) is -0.526. The van der Waals surface area contributed by atoms with E-state index in [4.69, 9.17) is 18.9 Å². The highest BCUT2D eigenvalue weighted by atomic mass is 16.5. The lowest BCUT2D eigenvalue weighted by Crippen LogP contribution is -2.42. The standard InChI is InChI=1S/C27H26N2O7/c1-33-18-14-17(15-19(16-18)34-2)27(32)36-13-10-29-25(30)21-5-3-4-20-23(28-8-11-35-12-9-28)7-6-22(24(20)21)26(29)31/h3-7,14-16H,8-13H2,1-2H3. The second-order valence-electron chi connectivity index (χ2n) is 8.46. The Kier molecular flexibility index (Phi) is 6.47. The summed E-state index contributed by atoms with van der Waals surface area (Å²) >= 11 is 0. The number of ether oxygens (including phenoxy) is 4. The van der Waals surface area contributed by atoms with Gasteiger partial charge in [0.15, 0.2) is 0 Å². The van der Waals surface area contributed by atoms with Gasteiger partial charge in [0, 0.05) is 46.7 Å². The molecule has 3 aromatic rings. The van der Waals surface area contributed by atoms with Crippen molar-refractivity contribution >= 4 is 34.2 Å². The molecule has 3 aromatic carbocycles. The van der Waals surface area contributed by atoms with E-state index in [2.05, 4.69) is 4.90 Å². The predicted octanol–water partition coefficient (Wildman–Crippen LogP) is 3.15. The van der Waals surface area contributed by atoms with E-state index in [1.165, 1.54) is 26.4 Å². The van der Waals surface area contributed by atoms with Crippen molar-refractivity contribution in [2.24, 2.45) is 0 Å². The molecule has 9 nitrogen and oxygen atoms in total. The van der Waals surface area contributed by atoms with Crippen molar-refractivity contribution in [2.45, 2.75) is 0 Å². The van der Waals surface area contributed by atoms with E-state index < -0.39 is 17.8 Å². The van der Waals surface area contributed by atoms with Gasteiger partial charge in [-0.1, -0.05) is 12.1 Å². The van der Waals surface area contributed by atoms with E-state index in [0.717, 1.165) is 29.1 Å². The summed E-state index contributed by atoms with van der Waals surface area (Å²) in [5.41, 5.74) is 2.14. The number of hydrogen-bond donors (Lipinski definition) is 0. The van der Waals surface area contributed by atoms with E-state index >= 15 is 0 Å². The lowest BCUT2D eigenvalue weighted by Gasteiger charge is -2.32. The molecule has 0 spiro atoms. The molecule has 2 aliphatic rings. The first-order valence-corrected chi connectivity index (χ1v) is 11.7. The molecule has 0 saturated carbocycles. The molecule has 1 fully saturated rings. The molecule has 0 unspecified atom stereocenters. The Morgan fingerprint density at radius 3 is 2.25 bits per heavy atom. The largest absolute Gasteiger partial charge is 0.497 e. The fraction of sp³-hybridized carbons (Fsp3) is 0.296. The van der Waals surface area contributed by atoms with E-state index in [1.54, 1.807) is 18.2 Å². The van der Waals surface area contributed by atoms with Crippen LogP contribution < -0.4 is 14.4 Å². The highest BCUT2D eigenvalue weighted by molar-refractivity contribution is 6.26. The third kappa shape index (κ3) is 4.22. The quantitative estimate of drug-likeness (QED) is 0.368. The maximum absolute atomic E-state index is 13.3. The summed E-state index contributed by atoms with van der Waals surface area (Å²) < 4.78 is 21.2. The maximum atomic E-state index is 13.3. The normalized spacial score (nSPS) is 15.3.